The number of hydrogen-bond acceptors (Lipinski definition) is 3. The van der Waals surface area contributed by atoms with Crippen LogP contribution in [0.2, 0.25) is 0 Å². The molecule has 1 fully saturated rings. The van der Waals surface area contributed by atoms with Gasteiger partial charge in [-0.1, -0.05) is 36.8 Å². The topological polar surface area (TPSA) is 52.6 Å². The lowest BCUT2D eigenvalue weighted by Gasteiger charge is -2.26. The normalized spacial score (nSPS) is 16.2. The van der Waals surface area contributed by atoms with E-state index in [1.165, 1.54) is 19.3 Å². The number of likely N-dealkylation sites (tertiary alicyclic amines) is 1. The molecule has 2 N–H and O–H groups in total. The highest BCUT2D eigenvalue weighted by Gasteiger charge is 2.11. The zero-order valence-electron chi connectivity index (χ0n) is 15.4. The third-order valence-corrected chi connectivity index (χ3v) is 4.99. The lowest BCUT2D eigenvalue weighted by molar-refractivity contribution is 0.0946. The lowest BCUT2D eigenvalue weighted by Crippen LogP contribution is -2.37. The third-order valence-electron chi connectivity index (χ3n) is 4.99. The fraction of sp³-hybridized carbons (Fsp3) is 0.409. The predicted octanol–water partition coefficient (Wildman–Crippen LogP) is 3.62. The summed E-state index contributed by atoms with van der Waals surface area (Å²) in [5, 5.41) is 12.8. The fourth-order valence-electron chi connectivity index (χ4n) is 3.43. The molecule has 1 heterocycles. The van der Waals surface area contributed by atoms with Gasteiger partial charge in [0.2, 0.25) is 0 Å². The number of hydrogen-bond donors (Lipinski definition) is 2. The van der Waals surface area contributed by atoms with Gasteiger partial charge in [0, 0.05) is 18.7 Å². The molecule has 1 aliphatic heterocycles. The average molecular weight is 352 g/mol. The summed E-state index contributed by atoms with van der Waals surface area (Å²) in [4.78, 5) is 14.9. The molecular formula is C22H28N2O2. The lowest BCUT2D eigenvalue weighted by atomic mass is 9.99. The Balaban J connectivity index is 1.63. The Morgan fingerprint density at radius 1 is 1.08 bits per heavy atom. The third kappa shape index (κ3) is 4.93. The van der Waals surface area contributed by atoms with Crippen molar-refractivity contribution < 1.29 is 9.90 Å². The van der Waals surface area contributed by atoms with E-state index >= 15 is 0 Å². The van der Waals surface area contributed by atoms with Crippen molar-refractivity contribution in [3.63, 3.8) is 0 Å². The zero-order chi connectivity index (χ0) is 18.4. The van der Waals surface area contributed by atoms with Crippen LogP contribution in [0.4, 0.5) is 0 Å². The summed E-state index contributed by atoms with van der Waals surface area (Å²) in [5.41, 5.74) is 3.53. The highest BCUT2D eigenvalue weighted by atomic mass is 16.3. The van der Waals surface area contributed by atoms with Crippen molar-refractivity contribution in [1.29, 1.82) is 0 Å². The number of piperidine rings is 1. The molecule has 4 heteroatoms. The number of carbonyl (C=O) groups is 1. The van der Waals surface area contributed by atoms with Crippen LogP contribution in [0.3, 0.4) is 0 Å². The minimum atomic E-state index is -0.504. The molecule has 1 aliphatic rings. The highest BCUT2D eigenvalue weighted by molar-refractivity contribution is 5.95. The highest BCUT2D eigenvalue weighted by Crippen LogP contribution is 2.24. The summed E-state index contributed by atoms with van der Waals surface area (Å²) >= 11 is 0. The second-order valence-corrected chi connectivity index (χ2v) is 7.04. The van der Waals surface area contributed by atoms with E-state index in [0.29, 0.717) is 12.1 Å². The van der Waals surface area contributed by atoms with Gasteiger partial charge in [0.25, 0.3) is 5.91 Å². The summed E-state index contributed by atoms with van der Waals surface area (Å²) < 4.78 is 0. The van der Waals surface area contributed by atoms with Gasteiger partial charge in [-0.05, 0) is 67.7 Å². The number of carbonyl (C=O) groups excluding carboxylic acids is 1. The van der Waals surface area contributed by atoms with E-state index in [4.69, 9.17) is 0 Å². The quantitative estimate of drug-likeness (QED) is 0.835. The molecule has 0 spiro atoms. The molecule has 1 atom stereocenters. The maximum absolute atomic E-state index is 12.5. The van der Waals surface area contributed by atoms with Gasteiger partial charge in [0.1, 0.15) is 0 Å². The second kappa shape index (κ2) is 8.97. The fourth-order valence-corrected chi connectivity index (χ4v) is 3.43. The molecule has 0 bridgehead atoms. The van der Waals surface area contributed by atoms with Crippen LogP contribution in [0.1, 0.15) is 48.2 Å². The molecule has 3 rings (SSSR count). The molecule has 138 valence electrons. The van der Waals surface area contributed by atoms with E-state index < -0.39 is 6.10 Å². The van der Waals surface area contributed by atoms with E-state index in [2.05, 4.69) is 10.2 Å². The molecule has 1 amide bonds. The number of rotatable bonds is 6. The Morgan fingerprint density at radius 3 is 2.50 bits per heavy atom. The Kier molecular flexibility index (Phi) is 6.42. The van der Waals surface area contributed by atoms with E-state index in [0.717, 1.165) is 36.3 Å². The Bertz CT molecular complexity index is 736. The molecule has 0 aliphatic carbocycles. The molecule has 2 aromatic rings. The van der Waals surface area contributed by atoms with Crippen molar-refractivity contribution in [3.05, 3.63) is 59.7 Å². The number of amides is 1. The Morgan fingerprint density at radius 2 is 1.77 bits per heavy atom. The van der Waals surface area contributed by atoms with Crippen LogP contribution >= 0.6 is 0 Å². The number of benzene rings is 2. The summed E-state index contributed by atoms with van der Waals surface area (Å²) in [6, 6.07) is 15.5. The maximum Gasteiger partial charge on any atom is 0.251 e. The smallest absolute Gasteiger partial charge is 0.251 e. The molecular weight excluding hydrogens is 324 g/mol. The number of aliphatic hydroxyl groups is 1. The van der Waals surface area contributed by atoms with E-state index in [1.54, 1.807) is 6.92 Å². The zero-order valence-corrected chi connectivity index (χ0v) is 15.4. The minimum Gasteiger partial charge on any atom is -0.389 e. The first-order valence-corrected chi connectivity index (χ1v) is 9.52. The molecule has 0 radical (unpaired) electrons. The van der Waals surface area contributed by atoms with Crippen LogP contribution in [0.25, 0.3) is 11.1 Å². The Labute approximate surface area is 155 Å². The van der Waals surface area contributed by atoms with Gasteiger partial charge in [0.15, 0.2) is 0 Å². The van der Waals surface area contributed by atoms with Gasteiger partial charge in [-0.15, -0.1) is 0 Å². The van der Waals surface area contributed by atoms with Crippen molar-refractivity contribution >= 4 is 5.91 Å². The van der Waals surface area contributed by atoms with Crippen molar-refractivity contribution in [2.24, 2.45) is 0 Å². The summed E-state index contributed by atoms with van der Waals surface area (Å²) in [6.45, 7) is 5.64. The molecule has 4 nitrogen and oxygen atoms in total. The molecule has 26 heavy (non-hydrogen) atoms. The monoisotopic (exact) mass is 352 g/mol. The van der Waals surface area contributed by atoms with Crippen LogP contribution in [0.15, 0.2) is 48.5 Å². The Hall–Kier alpha value is -2.17. The first-order chi connectivity index (χ1) is 12.6. The van der Waals surface area contributed by atoms with Crippen LogP contribution in [-0.2, 0) is 0 Å². The van der Waals surface area contributed by atoms with Crippen LogP contribution in [0.5, 0.6) is 0 Å². The molecule has 0 saturated carbocycles. The largest absolute Gasteiger partial charge is 0.389 e. The van der Waals surface area contributed by atoms with Crippen LogP contribution < -0.4 is 5.32 Å². The van der Waals surface area contributed by atoms with Crippen molar-refractivity contribution in [3.8, 4) is 11.1 Å². The second-order valence-electron chi connectivity index (χ2n) is 7.04. The molecule has 2 aromatic carbocycles. The van der Waals surface area contributed by atoms with Crippen molar-refractivity contribution in [1.82, 2.24) is 10.2 Å². The van der Waals surface area contributed by atoms with E-state index in [-0.39, 0.29) is 5.91 Å². The average Bonchev–Trinajstić information content (AvgIpc) is 2.69. The van der Waals surface area contributed by atoms with E-state index in [9.17, 15) is 9.90 Å². The number of nitrogens with one attached hydrogen (secondary N) is 1. The van der Waals surface area contributed by atoms with Gasteiger partial charge in [-0.2, -0.15) is 0 Å². The summed E-state index contributed by atoms with van der Waals surface area (Å²) in [6.07, 6.45) is 3.35. The molecule has 1 saturated heterocycles. The predicted molar refractivity (Wildman–Crippen MR) is 105 cm³/mol. The summed E-state index contributed by atoms with van der Waals surface area (Å²) in [5.74, 6) is -0.0319. The first-order valence-electron chi connectivity index (χ1n) is 9.52. The standard InChI is InChI=1S/C22H28N2O2/c1-17(25)18-7-5-8-19(15-18)20-9-6-10-21(16-20)22(26)23-11-14-24-12-3-2-4-13-24/h5-10,15-17,25H,2-4,11-14H2,1H3,(H,23,26)/t17-/m0/s1. The maximum atomic E-state index is 12.5. The SMILES string of the molecule is C[C@H](O)c1cccc(-c2cccc(C(=O)NCCN3CCCCC3)c2)c1. The minimum absolute atomic E-state index is 0.0319. The van der Waals surface area contributed by atoms with Crippen molar-refractivity contribution in [2.75, 3.05) is 26.2 Å². The van der Waals surface area contributed by atoms with E-state index in [1.807, 2.05) is 48.5 Å². The van der Waals surface area contributed by atoms with Gasteiger partial charge in [-0.25, -0.2) is 0 Å². The van der Waals surface area contributed by atoms with Gasteiger partial charge < -0.3 is 15.3 Å². The van der Waals surface area contributed by atoms with Crippen molar-refractivity contribution in [2.45, 2.75) is 32.3 Å². The van der Waals surface area contributed by atoms with Crippen LogP contribution in [0, 0.1) is 0 Å². The van der Waals surface area contributed by atoms with Gasteiger partial charge in [0.05, 0.1) is 6.10 Å². The number of aliphatic hydroxyl groups excluding tert-OH is 1. The summed E-state index contributed by atoms with van der Waals surface area (Å²) in [7, 11) is 0. The molecule has 0 aromatic heterocycles. The molecule has 0 unspecified atom stereocenters. The number of nitrogens with zero attached hydrogens (tertiary/aromatic N) is 1. The first kappa shape index (κ1) is 18.6. The van der Waals surface area contributed by atoms with Gasteiger partial charge in [-0.3, -0.25) is 4.79 Å². The van der Waals surface area contributed by atoms with Crippen LogP contribution in [-0.4, -0.2) is 42.1 Å². The van der Waals surface area contributed by atoms with Gasteiger partial charge >= 0.3 is 0 Å².